The fraction of sp³-hybridized carbons (Fsp3) is 0. The van der Waals surface area contributed by atoms with Gasteiger partial charge in [-0.15, -0.1) is 0 Å². The van der Waals surface area contributed by atoms with Crippen molar-refractivity contribution in [3.8, 4) is 16.8 Å². The number of carboxylic acid groups (broad SMARTS) is 1. The van der Waals surface area contributed by atoms with Crippen molar-refractivity contribution in [2.45, 2.75) is 0 Å². The molecule has 0 spiro atoms. The van der Waals surface area contributed by atoms with Crippen LogP contribution in [0, 0.1) is 0 Å². The molecule has 0 aliphatic carbocycles. The summed E-state index contributed by atoms with van der Waals surface area (Å²) in [5.74, 6) is -0.977. The molecule has 0 atom stereocenters. The Morgan fingerprint density at radius 2 is 2.00 bits per heavy atom. The van der Waals surface area contributed by atoms with E-state index in [0.717, 1.165) is 16.8 Å². The molecule has 2 aromatic carbocycles. The first-order valence-electron chi connectivity index (χ1n) is 7.28. The fourth-order valence-electron chi connectivity index (χ4n) is 2.73. The number of nitrogens with zero attached hydrogens (tertiary/aromatic N) is 2. The maximum absolute atomic E-state index is 11.3. The van der Waals surface area contributed by atoms with Gasteiger partial charge in [-0.2, -0.15) is 5.10 Å². The fourth-order valence-corrected chi connectivity index (χ4v) is 3.00. The van der Waals surface area contributed by atoms with E-state index in [9.17, 15) is 9.90 Å². The van der Waals surface area contributed by atoms with Gasteiger partial charge >= 0.3 is 5.97 Å². The normalized spacial score (nSPS) is 11.0. The van der Waals surface area contributed by atoms with E-state index in [-0.39, 0.29) is 5.56 Å². The Kier molecular flexibility index (Phi) is 3.36. The lowest BCUT2D eigenvalue weighted by atomic mass is 10.1. The number of H-pyrrole nitrogens is 1. The lowest BCUT2D eigenvalue weighted by Gasteiger charge is -2.03. The second-order valence-corrected chi connectivity index (χ2v) is 5.80. The average Bonchev–Trinajstić information content (AvgIpc) is 3.21. The number of para-hydroxylation sites is 1. The highest BCUT2D eigenvalue weighted by Gasteiger charge is 2.15. The third-order valence-electron chi connectivity index (χ3n) is 3.91. The van der Waals surface area contributed by atoms with Crippen LogP contribution in [-0.2, 0) is 0 Å². The molecular weight excluding hydrogens is 326 g/mol. The molecule has 0 saturated heterocycles. The van der Waals surface area contributed by atoms with Gasteiger partial charge in [0, 0.05) is 34.4 Å². The van der Waals surface area contributed by atoms with Crippen molar-refractivity contribution in [2.24, 2.45) is 0 Å². The highest BCUT2D eigenvalue weighted by molar-refractivity contribution is 6.34. The minimum atomic E-state index is -0.977. The van der Waals surface area contributed by atoms with Crippen molar-refractivity contribution in [3.05, 3.63) is 71.6 Å². The minimum absolute atomic E-state index is 0.221. The summed E-state index contributed by atoms with van der Waals surface area (Å²) in [4.78, 5) is 14.3. The van der Waals surface area contributed by atoms with Gasteiger partial charge in [-0.25, -0.2) is 9.48 Å². The maximum Gasteiger partial charge on any atom is 0.337 e. The molecule has 6 heteroatoms. The zero-order valence-corrected chi connectivity index (χ0v) is 13.2. The molecule has 2 aromatic heterocycles. The molecule has 0 aliphatic rings. The van der Waals surface area contributed by atoms with Gasteiger partial charge in [0.1, 0.15) is 0 Å². The first-order chi connectivity index (χ1) is 11.6. The van der Waals surface area contributed by atoms with Gasteiger partial charge in [0.05, 0.1) is 22.5 Å². The number of aromatic amines is 1. The maximum atomic E-state index is 11.3. The zero-order chi connectivity index (χ0) is 16.7. The van der Waals surface area contributed by atoms with Crippen LogP contribution in [0.15, 0.2) is 61.1 Å². The topological polar surface area (TPSA) is 70.9 Å². The number of benzene rings is 2. The summed E-state index contributed by atoms with van der Waals surface area (Å²) in [6.45, 7) is 0. The summed E-state index contributed by atoms with van der Waals surface area (Å²) in [6.07, 6.45) is 5.06. The number of nitrogens with one attached hydrogen (secondary N) is 1. The van der Waals surface area contributed by atoms with Gasteiger partial charge in [0.2, 0.25) is 0 Å². The number of carbonyl (C=O) groups is 1. The van der Waals surface area contributed by atoms with Crippen LogP contribution in [0.1, 0.15) is 10.4 Å². The Morgan fingerprint density at radius 3 is 2.75 bits per heavy atom. The average molecular weight is 338 g/mol. The lowest BCUT2D eigenvalue weighted by molar-refractivity contribution is 0.0699. The molecule has 5 nitrogen and oxygen atoms in total. The predicted molar refractivity (Wildman–Crippen MR) is 92.8 cm³/mol. The summed E-state index contributed by atoms with van der Waals surface area (Å²) in [5.41, 5.74) is 3.42. The van der Waals surface area contributed by atoms with Crippen molar-refractivity contribution in [1.29, 1.82) is 0 Å². The van der Waals surface area contributed by atoms with Crippen LogP contribution in [0.2, 0.25) is 5.02 Å². The minimum Gasteiger partial charge on any atom is -0.478 e. The van der Waals surface area contributed by atoms with Crippen LogP contribution >= 0.6 is 11.6 Å². The van der Waals surface area contributed by atoms with Crippen LogP contribution < -0.4 is 0 Å². The Labute approximate surface area is 142 Å². The molecular formula is C18H12ClN3O2. The van der Waals surface area contributed by atoms with E-state index in [4.69, 9.17) is 11.6 Å². The number of aromatic nitrogens is 3. The summed E-state index contributed by atoms with van der Waals surface area (Å²) >= 11 is 6.38. The quantitative estimate of drug-likeness (QED) is 0.583. The van der Waals surface area contributed by atoms with Crippen molar-refractivity contribution in [1.82, 2.24) is 14.8 Å². The monoisotopic (exact) mass is 337 g/mol. The third-order valence-corrected chi connectivity index (χ3v) is 4.23. The number of aromatic carboxylic acids is 1. The van der Waals surface area contributed by atoms with Gasteiger partial charge in [0.25, 0.3) is 0 Å². The molecule has 0 amide bonds. The molecule has 0 fully saturated rings. The van der Waals surface area contributed by atoms with E-state index >= 15 is 0 Å². The molecule has 118 valence electrons. The van der Waals surface area contributed by atoms with E-state index in [1.54, 1.807) is 23.0 Å². The van der Waals surface area contributed by atoms with Crippen LogP contribution in [0.5, 0.6) is 0 Å². The summed E-state index contributed by atoms with van der Waals surface area (Å²) < 4.78 is 1.76. The van der Waals surface area contributed by atoms with Gasteiger partial charge in [-0.1, -0.05) is 29.8 Å². The number of carboxylic acids is 1. The number of hydrogen-bond acceptors (Lipinski definition) is 2. The van der Waals surface area contributed by atoms with Crippen LogP contribution in [-0.4, -0.2) is 25.8 Å². The molecule has 2 heterocycles. The van der Waals surface area contributed by atoms with Gasteiger partial charge in [-0.3, -0.25) is 0 Å². The molecule has 0 unspecified atom stereocenters. The van der Waals surface area contributed by atoms with E-state index in [1.165, 1.54) is 6.20 Å². The molecule has 2 N–H and O–H groups in total. The van der Waals surface area contributed by atoms with Crippen molar-refractivity contribution in [3.63, 3.8) is 0 Å². The van der Waals surface area contributed by atoms with E-state index < -0.39 is 5.97 Å². The molecule has 4 rings (SSSR count). The second kappa shape index (κ2) is 5.54. The van der Waals surface area contributed by atoms with Crippen LogP contribution in [0.4, 0.5) is 0 Å². The molecule has 24 heavy (non-hydrogen) atoms. The van der Waals surface area contributed by atoms with E-state index in [0.29, 0.717) is 15.9 Å². The van der Waals surface area contributed by atoms with Gasteiger partial charge in [-0.05, 0) is 24.3 Å². The highest BCUT2D eigenvalue weighted by atomic mass is 35.5. The van der Waals surface area contributed by atoms with Crippen LogP contribution in [0.25, 0.3) is 27.7 Å². The smallest absolute Gasteiger partial charge is 0.337 e. The van der Waals surface area contributed by atoms with Crippen molar-refractivity contribution in [2.75, 3.05) is 0 Å². The molecule has 0 radical (unpaired) electrons. The second-order valence-electron chi connectivity index (χ2n) is 5.39. The Bertz CT molecular complexity index is 1050. The Morgan fingerprint density at radius 1 is 1.21 bits per heavy atom. The first kappa shape index (κ1) is 14.5. The number of hydrogen-bond donors (Lipinski definition) is 2. The molecule has 4 aromatic rings. The van der Waals surface area contributed by atoms with Crippen molar-refractivity contribution >= 4 is 28.5 Å². The van der Waals surface area contributed by atoms with Crippen LogP contribution in [0.3, 0.4) is 0 Å². The Hall–Kier alpha value is -3.05. The van der Waals surface area contributed by atoms with Gasteiger partial charge < -0.3 is 10.1 Å². The van der Waals surface area contributed by atoms with E-state index in [1.807, 2.05) is 36.5 Å². The Balaban J connectivity index is 1.84. The highest BCUT2D eigenvalue weighted by Crippen LogP contribution is 2.33. The summed E-state index contributed by atoms with van der Waals surface area (Å²) in [7, 11) is 0. The summed E-state index contributed by atoms with van der Waals surface area (Å²) in [5, 5.41) is 14.8. The number of fused-ring (bicyclic) bond motifs is 1. The predicted octanol–water partition coefficient (Wildman–Crippen LogP) is 4.37. The molecule has 0 saturated carbocycles. The van der Waals surface area contributed by atoms with E-state index in [2.05, 4.69) is 10.1 Å². The number of halogens is 1. The largest absolute Gasteiger partial charge is 0.478 e. The number of rotatable bonds is 3. The zero-order valence-electron chi connectivity index (χ0n) is 12.4. The first-order valence-corrected chi connectivity index (χ1v) is 7.65. The molecule has 0 bridgehead atoms. The third kappa shape index (κ3) is 2.35. The standard InChI is InChI=1S/C18H12ClN3O2/c19-16-7-17-14(15(9-20-17)18(23)24)6-13(16)11-8-21-22(10-11)12-4-2-1-3-5-12/h1-10,20H,(H,23,24). The van der Waals surface area contributed by atoms with Crippen molar-refractivity contribution < 1.29 is 9.90 Å². The van der Waals surface area contributed by atoms with Gasteiger partial charge in [0.15, 0.2) is 0 Å². The summed E-state index contributed by atoms with van der Waals surface area (Å²) in [6, 6.07) is 13.2. The lowest BCUT2D eigenvalue weighted by Crippen LogP contribution is -1.94. The molecule has 0 aliphatic heterocycles. The SMILES string of the molecule is O=C(O)c1c[nH]c2cc(Cl)c(-c3cnn(-c4ccccc4)c3)cc12.